The summed E-state index contributed by atoms with van der Waals surface area (Å²) in [5, 5.41) is 9.32. The Bertz CT molecular complexity index is 394. The van der Waals surface area contributed by atoms with Crippen LogP contribution >= 0.6 is 11.6 Å². The zero-order chi connectivity index (χ0) is 10.8. The topological polar surface area (TPSA) is 49.8 Å². The van der Waals surface area contributed by atoms with Gasteiger partial charge < -0.3 is 14.7 Å². The first kappa shape index (κ1) is 10.1. The molecule has 0 radical (unpaired) electrons. The Labute approximate surface area is 92.0 Å². The van der Waals surface area contributed by atoms with Crippen LogP contribution in [0, 0.1) is 0 Å². The molecule has 0 aromatic heterocycles. The molecule has 0 fully saturated rings. The third-order valence-corrected chi connectivity index (χ3v) is 2.44. The maximum atomic E-state index is 10.6. The summed E-state index contributed by atoms with van der Waals surface area (Å²) in [5.74, 6) is -0.172. The van der Waals surface area contributed by atoms with E-state index in [0.29, 0.717) is 23.9 Å². The van der Waals surface area contributed by atoms with Crippen LogP contribution in [0.1, 0.15) is 0 Å². The van der Waals surface area contributed by atoms with Gasteiger partial charge >= 0.3 is 5.97 Å². The normalized spacial score (nSPS) is 14.3. The Kier molecular flexibility index (Phi) is 2.68. The molecule has 0 saturated heterocycles. The van der Waals surface area contributed by atoms with Gasteiger partial charge in [-0.05, 0) is 18.2 Å². The van der Waals surface area contributed by atoms with Crippen LogP contribution in [0.5, 0.6) is 5.75 Å². The highest BCUT2D eigenvalue weighted by Gasteiger charge is 2.19. The Balaban J connectivity index is 2.32. The smallest absolute Gasteiger partial charge is 0.323 e. The van der Waals surface area contributed by atoms with Crippen molar-refractivity contribution in [2.75, 3.05) is 24.6 Å². The molecule has 80 valence electrons. The zero-order valence-electron chi connectivity index (χ0n) is 7.94. The summed E-state index contributed by atoms with van der Waals surface area (Å²) in [7, 11) is 0. The number of anilines is 1. The van der Waals surface area contributed by atoms with Crippen molar-refractivity contribution in [3.05, 3.63) is 23.2 Å². The molecule has 0 amide bonds. The molecule has 0 atom stereocenters. The number of carbonyl (C=O) groups is 1. The van der Waals surface area contributed by atoms with Gasteiger partial charge in [0.1, 0.15) is 18.9 Å². The molecule has 0 spiro atoms. The number of hydrogen-bond donors (Lipinski definition) is 1. The molecule has 0 saturated carbocycles. The van der Waals surface area contributed by atoms with Crippen LogP contribution in [0.4, 0.5) is 5.69 Å². The molecule has 1 aromatic rings. The average Bonchev–Trinajstić information content (AvgIpc) is 2.18. The minimum Gasteiger partial charge on any atom is -0.490 e. The minimum absolute atomic E-state index is 0.0310. The first-order valence-electron chi connectivity index (χ1n) is 4.56. The molecule has 4 nitrogen and oxygen atoms in total. The van der Waals surface area contributed by atoms with Gasteiger partial charge in [-0.2, -0.15) is 0 Å². The van der Waals surface area contributed by atoms with Gasteiger partial charge in [0.05, 0.1) is 12.2 Å². The summed E-state index contributed by atoms with van der Waals surface area (Å²) in [6, 6.07) is 5.20. The molecule has 15 heavy (non-hydrogen) atoms. The summed E-state index contributed by atoms with van der Waals surface area (Å²) >= 11 is 5.85. The minimum atomic E-state index is -0.858. The molecule has 5 heteroatoms. The Morgan fingerprint density at radius 2 is 2.40 bits per heavy atom. The van der Waals surface area contributed by atoms with Crippen molar-refractivity contribution in [2.24, 2.45) is 0 Å². The lowest BCUT2D eigenvalue weighted by molar-refractivity contribution is -0.135. The van der Waals surface area contributed by atoms with Crippen LogP contribution in [0.2, 0.25) is 5.02 Å². The van der Waals surface area contributed by atoms with Crippen LogP contribution < -0.4 is 9.64 Å². The fourth-order valence-electron chi connectivity index (χ4n) is 1.57. The van der Waals surface area contributed by atoms with E-state index in [1.807, 2.05) is 0 Å². The third kappa shape index (κ3) is 2.15. The Morgan fingerprint density at radius 3 is 3.13 bits per heavy atom. The number of aliphatic carboxylic acids is 1. The Morgan fingerprint density at radius 1 is 1.60 bits per heavy atom. The lowest BCUT2D eigenvalue weighted by atomic mass is 10.2. The molecule has 1 aliphatic heterocycles. The highest BCUT2D eigenvalue weighted by atomic mass is 35.5. The van der Waals surface area contributed by atoms with Gasteiger partial charge in [-0.15, -0.1) is 0 Å². The maximum Gasteiger partial charge on any atom is 0.323 e. The fraction of sp³-hybridized carbons (Fsp3) is 0.300. The third-order valence-electron chi connectivity index (χ3n) is 2.21. The summed E-state index contributed by atoms with van der Waals surface area (Å²) in [6.07, 6.45) is 0. The van der Waals surface area contributed by atoms with Crippen LogP contribution in [0.25, 0.3) is 0 Å². The first-order valence-corrected chi connectivity index (χ1v) is 4.94. The van der Waals surface area contributed by atoms with Crippen LogP contribution in [-0.2, 0) is 4.79 Å². The first-order chi connectivity index (χ1) is 7.16. The van der Waals surface area contributed by atoms with Gasteiger partial charge in [-0.1, -0.05) is 11.6 Å². The molecule has 1 N–H and O–H groups in total. The van der Waals surface area contributed by atoms with E-state index in [2.05, 4.69) is 0 Å². The van der Waals surface area contributed by atoms with Crippen LogP contribution in [-0.4, -0.2) is 30.8 Å². The SMILES string of the molecule is O=C(O)CN1CCOc2ccc(Cl)cc21. The van der Waals surface area contributed by atoms with E-state index in [1.54, 1.807) is 23.1 Å². The summed E-state index contributed by atoms with van der Waals surface area (Å²) < 4.78 is 5.40. The molecular weight excluding hydrogens is 218 g/mol. The number of carboxylic acids is 1. The number of halogens is 1. The van der Waals surface area contributed by atoms with Gasteiger partial charge in [-0.3, -0.25) is 4.79 Å². The molecule has 1 heterocycles. The van der Waals surface area contributed by atoms with Crippen molar-refractivity contribution in [1.82, 2.24) is 0 Å². The predicted molar refractivity (Wildman–Crippen MR) is 56.8 cm³/mol. The highest BCUT2D eigenvalue weighted by molar-refractivity contribution is 6.31. The van der Waals surface area contributed by atoms with Gasteiger partial charge in [0.25, 0.3) is 0 Å². The molecule has 0 bridgehead atoms. The summed E-state index contributed by atoms with van der Waals surface area (Å²) in [4.78, 5) is 12.4. The van der Waals surface area contributed by atoms with Crippen molar-refractivity contribution in [3.8, 4) is 5.75 Å². The summed E-state index contributed by atoms with van der Waals surface area (Å²) in [6.45, 7) is 1.04. The second-order valence-electron chi connectivity index (χ2n) is 3.28. The van der Waals surface area contributed by atoms with E-state index in [0.717, 1.165) is 5.69 Å². The lowest BCUT2D eigenvalue weighted by Gasteiger charge is -2.29. The number of carboxylic acid groups (broad SMARTS) is 1. The lowest BCUT2D eigenvalue weighted by Crippen LogP contribution is -2.36. The van der Waals surface area contributed by atoms with E-state index >= 15 is 0 Å². The van der Waals surface area contributed by atoms with Crippen molar-refractivity contribution >= 4 is 23.3 Å². The van der Waals surface area contributed by atoms with Crippen molar-refractivity contribution in [2.45, 2.75) is 0 Å². The largest absolute Gasteiger partial charge is 0.490 e. The van der Waals surface area contributed by atoms with Gasteiger partial charge in [0.15, 0.2) is 0 Å². The summed E-state index contributed by atoms with van der Waals surface area (Å²) in [5.41, 5.74) is 0.746. The van der Waals surface area contributed by atoms with Crippen molar-refractivity contribution in [3.63, 3.8) is 0 Å². The van der Waals surface area contributed by atoms with Gasteiger partial charge in [0, 0.05) is 5.02 Å². The molecule has 1 aliphatic rings. The van der Waals surface area contributed by atoms with Crippen molar-refractivity contribution in [1.29, 1.82) is 0 Å². The van der Waals surface area contributed by atoms with E-state index in [4.69, 9.17) is 21.4 Å². The number of benzene rings is 1. The maximum absolute atomic E-state index is 10.6. The number of nitrogens with zero attached hydrogens (tertiary/aromatic N) is 1. The quantitative estimate of drug-likeness (QED) is 0.834. The van der Waals surface area contributed by atoms with Crippen LogP contribution in [0.15, 0.2) is 18.2 Å². The van der Waals surface area contributed by atoms with Gasteiger partial charge in [-0.25, -0.2) is 0 Å². The predicted octanol–water partition coefficient (Wildman–Crippen LogP) is 1.62. The second-order valence-corrected chi connectivity index (χ2v) is 3.71. The number of hydrogen-bond acceptors (Lipinski definition) is 3. The monoisotopic (exact) mass is 227 g/mol. The average molecular weight is 228 g/mol. The van der Waals surface area contributed by atoms with Gasteiger partial charge in [0.2, 0.25) is 0 Å². The number of fused-ring (bicyclic) bond motifs is 1. The molecular formula is C10H10ClNO3. The van der Waals surface area contributed by atoms with E-state index in [1.165, 1.54) is 0 Å². The standard InChI is InChI=1S/C10H10ClNO3/c11-7-1-2-9-8(5-7)12(3-4-15-9)6-10(13)14/h1-2,5H,3-4,6H2,(H,13,14). The molecule has 2 rings (SSSR count). The molecule has 0 aliphatic carbocycles. The Hall–Kier alpha value is -1.42. The van der Waals surface area contributed by atoms with Crippen LogP contribution in [0.3, 0.4) is 0 Å². The highest BCUT2D eigenvalue weighted by Crippen LogP contribution is 2.33. The number of rotatable bonds is 2. The second kappa shape index (κ2) is 3.98. The number of ether oxygens (including phenoxy) is 1. The molecule has 1 aromatic carbocycles. The fourth-order valence-corrected chi connectivity index (χ4v) is 1.74. The zero-order valence-corrected chi connectivity index (χ0v) is 8.70. The molecule has 0 unspecified atom stereocenters. The van der Waals surface area contributed by atoms with E-state index in [9.17, 15) is 4.79 Å². The van der Waals surface area contributed by atoms with Crippen molar-refractivity contribution < 1.29 is 14.6 Å². The van der Waals surface area contributed by atoms with E-state index < -0.39 is 5.97 Å². The van der Waals surface area contributed by atoms with E-state index in [-0.39, 0.29) is 6.54 Å².